The van der Waals surface area contributed by atoms with E-state index in [9.17, 15) is 4.79 Å². The van der Waals surface area contributed by atoms with Crippen LogP contribution in [0, 0.1) is 0 Å². The summed E-state index contributed by atoms with van der Waals surface area (Å²) in [7, 11) is 0. The number of hydrogen-bond acceptors (Lipinski definition) is 3. The molecule has 1 N–H and O–H groups in total. The highest BCUT2D eigenvalue weighted by atomic mass is 16.2. The summed E-state index contributed by atoms with van der Waals surface area (Å²) in [5.74, 6) is 0.178. The molecule has 2 fully saturated rings. The third kappa shape index (κ3) is 3.96. The fraction of sp³-hybridized carbons (Fsp3) is 0.480. The predicted molar refractivity (Wildman–Crippen MR) is 117 cm³/mol. The average Bonchev–Trinajstić information content (AvgIpc) is 3.34. The van der Waals surface area contributed by atoms with Crippen molar-refractivity contribution >= 4 is 5.91 Å². The molecule has 29 heavy (non-hydrogen) atoms. The van der Waals surface area contributed by atoms with E-state index in [4.69, 9.17) is 0 Å². The van der Waals surface area contributed by atoms with Crippen molar-refractivity contribution in [3.63, 3.8) is 0 Å². The fourth-order valence-corrected chi connectivity index (χ4v) is 5.12. The van der Waals surface area contributed by atoms with Crippen LogP contribution >= 0.6 is 0 Å². The molecule has 152 valence electrons. The minimum atomic E-state index is 0.178. The summed E-state index contributed by atoms with van der Waals surface area (Å²) in [6, 6.07) is 15.8. The Kier molecular flexibility index (Phi) is 5.38. The van der Waals surface area contributed by atoms with Crippen LogP contribution in [0.2, 0.25) is 0 Å². The van der Waals surface area contributed by atoms with Gasteiger partial charge in [0.25, 0.3) is 5.91 Å². The third-order valence-electron chi connectivity index (χ3n) is 6.89. The van der Waals surface area contributed by atoms with Crippen molar-refractivity contribution in [3.05, 3.63) is 59.2 Å². The number of hydrogen-bond donors (Lipinski definition) is 1. The quantitative estimate of drug-likeness (QED) is 0.869. The lowest BCUT2D eigenvalue weighted by molar-refractivity contribution is 0.0793. The van der Waals surface area contributed by atoms with Crippen molar-refractivity contribution in [1.29, 1.82) is 0 Å². The Morgan fingerprint density at radius 3 is 2.45 bits per heavy atom. The van der Waals surface area contributed by atoms with Gasteiger partial charge < -0.3 is 10.2 Å². The van der Waals surface area contributed by atoms with Crippen LogP contribution in [0.4, 0.5) is 0 Å². The number of carbonyl (C=O) groups is 1. The van der Waals surface area contributed by atoms with Crippen molar-refractivity contribution in [3.8, 4) is 11.1 Å². The van der Waals surface area contributed by atoms with Crippen molar-refractivity contribution in [2.24, 2.45) is 0 Å². The second kappa shape index (κ2) is 8.29. The van der Waals surface area contributed by atoms with E-state index in [0.29, 0.717) is 6.04 Å². The highest BCUT2D eigenvalue weighted by Crippen LogP contribution is 2.28. The second-order valence-corrected chi connectivity index (χ2v) is 8.78. The molecule has 3 heterocycles. The van der Waals surface area contributed by atoms with Gasteiger partial charge in [-0.05, 0) is 73.0 Å². The first-order chi connectivity index (χ1) is 14.3. The molecule has 4 nitrogen and oxygen atoms in total. The van der Waals surface area contributed by atoms with Gasteiger partial charge >= 0.3 is 0 Å². The van der Waals surface area contributed by atoms with Crippen LogP contribution in [0.3, 0.4) is 0 Å². The number of carbonyl (C=O) groups excluding carboxylic acids is 1. The van der Waals surface area contributed by atoms with Gasteiger partial charge in [-0.2, -0.15) is 0 Å². The molecule has 0 saturated carbocycles. The van der Waals surface area contributed by atoms with Crippen LogP contribution < -0.4 is 5.32 Å². The summed E-state index contributed by atoms with van der Waals surface area (Å²) in [5.41, 5.74) is 6.23. The first-order valence-electron chi connectivity index (χ1n) is 11.2. The second-order valence-electron chi connectivity index (χ2n) is 8.78. The lowest BCUT2D eigenvalue weighted by atomic mass is 9.92. The van der Waals surface area contributed by atoms with E-state index in [1.54, 1.807) is 0 Å². The maximum Gasteiger partial charge on any atom is 0.253 e. The standard InChI is InChI=1S/C25H31N3O/c29-25(27-13-1-2-14-27)20-7-5-19(6-8-20)21-9-10-23-18-28(15-11-22(23)16-21)24-4-3-12-26-17-24/h5-10,16,24,26H,1-4,11-15,17-18H2/t24-/m1/s1. The zero-order valence-corrected chi connectivity index (χ0v) is 17.2. The Morgan fingerprint density at radius 2 is 1.69 bits per heavy atom. The average molecular weight is 390 g/mol. The number of rotatable bonds is 3. The molecule has 1 atom stereocenters. The van der Waals surface area contributed by atoms with E-state index < -0.39 is 0 Å². The maximum absolute atomic E-state index is 12.6. The SMILES string of the molecule is O=C(c1ccc(-c2ccc3c(c2)CCN([C@@H]2CCCNC2)C3)cc1)N1CCCC1. The lowest BCUT2D eigenvalue weighted by Crippen LogP contribution is -2.47. The first kappa shape index (κ1) is 18.8. The number of benzene rings is 2. The Bertz CT molecular complexity index is 864. The predicted octanol–water partition coefficient (Wildman–Crippen LogP) is 3.70. The minimum Gasteiger partial charge on any atom is -0.339 e. The molecule has 0 bridgehead atoms. The van der Waals surface area contributed by atoms with Crippen molar-refractivity contribution in [1.82, 2.24) is 15.1 Å². The molecule has 5 rings (SSSR count). The number of nitrogens with one attached hydrogen (secondary N) is 1. The maximum atomic E-state index is 12.6. The van der Waals surface area contributed by atoms with Crippen LogP contribution in [0.15, 0.2) is 42.5 Å². The van der Waals surface area contributed by atoms with Gasteiger partial charge in [0.2, 0.25) is 0 Å². The molecular weight excluding hydrogens is 358 g/mol. The third-order valence-corrected chi connectivity index (χ3v) is 6.89. The molecular formula is C25H31N3O. The molecule has 2 saturated heterocycles. The van der Waals surface area contributed by atoms with E-state index in [1.807, 2.05) is 17.0 Å². The molecule has 0 unspecified atom stereocenters. The van der Waals surface area contributed by atoms with Crippen molar-refractivity contribution < 1.29 is 4.79 Å². The zero-order valence-electron chi connectivity index (χ0n) is 17.2. The summed E-state index contributed by atoms with van der Waals surface area (Å²) in [4.78, 5) is 17.2. The zero-order chi connectivity index (χ0) is 19.6. The van der Waals surface area contributed by atoms with Gasteiger partial charge in [-0.15, -0.1) is 0 Å². The monoisotopic (exact) mass is 389 g/mol. The highest BCUT2D eigenvalue weighted by Gasteiger charge is 2.25. The number of amides is 1. The Morgan fingerprint density at radius 1 is 0.897 bits per heavy atom. The molecule has 3 aliphatic rings. The first-order valence-corrected chi connectivity index (χ1v) is 11.2. The smallest absolute Gasteiger partial charge is 0.253 e. The molecule has 4 heteroatoms. The van der Waals surface area contributed by atoms with Crippen molar-refractivity contribution in [2.75, 3.05) is 32.7 Å². The van der Waals surface area contributed by atoms with Crippen LogP contribution in [0.1, 0.15) is 47.2 Å². The van der Waals surface area contributed by atoms with E-state index in [2.05, 4.69) is 40.5 Å². The van der Waals surface area contributed by atoms with Gasteiger partial charge in [0.15, 0.2) is 0 Å². The highest BCUT2D eigenvalue weighted by molar-refractivity contribution is 5.94. The molecule has 2 aromatic carbocycles. The van der Waals surface area contributed by atoms with Gasteiger partial charge in [0.1, 0.15) is 0 Å². The largest absolute Gasteiger partial charge is 0.339 e. The van der Waals surface area contributed by atoms with Crippen LogP contribution in [0.5, 0.6) is 0 Å². The summed E-state index contributed by atoms with van der Waals surface area (Å²) in [5, 5.41) is 3.55. The van der Waals surface area contributed by atoms with Gasteiger partial charge in [-0.25, -0.2) is 0 Å². The molecule has 0 radical (unpaired) electrons. The normalized spacial score (nSPS) is 22.5. The topological polar surface area (TPSA) is 35.6 Å². The summed E-state index contributed by atoms with van der Waals surface area (Å²) >= 11 is 0. The van der Waals surface area contributed by atoms with Gasteiger partial charge in [0.05, 0.1) is 0 Å². The van der Waals surface area contributed by atoms with E-state index in [-0.39, 0.29) is 5.91 Å². The van der Waals surface area contributed by atoms with Gasteiger partial charge in [-0.3, -0.25) is 9.69 Å². The molecule has 1 amide bonds. The Balaban J connectivity index is 1.29. The number of likely N-dealkylation sites (tertiary alicyclic amines) is 1. The lowest BCUT2D eigenvalue weighted by Gasteiger charge is -2.38. The summed E-state index contributed by atoms with van der Waals surface area (Å²) < 4.78 is 0. The Hall–Kier alpha value is -2.17. The number of fused-ring (bicyclic) bond motifs is 1. The van der Waals surface area contributed by atoms with Crippen LogP contribution in [-0.4, -0.2) is 54.5 Å². The van der Waals surface area contributed by atoms with Crippen LogP contribution in [0.25, 0.3) is 11.1 Å². The summed E-state index contributed by atoms with van der Waals surface area (Å²) in [6.45, 7) is 6.35. The number of piperidine rings is 1. The van der Waals surface area contributed by atoms with E-state index in [0.717, 1.165) is 57.5 Å². The van der Waals surface area contributed by atoms with Gasteiger partial charge in [0, 0.05) is 44.3 Å². The van der Waals surface area contributed by atoms with Crippen molar-refractivity contribution in [2.45, 2.75) is 44.7 Å². The van der Waals surface area contributed by atoms with E-state index >= 15 is 0 Å². The molecule has 0 aliphatic carbocycles. The number of nitrogens with zero attached hydrogens (tertiary/aromatic N) is 2. The Labute approximate surface area is 173 Å². The molecule has 0 spiro atoms. The minimum absolute atomic E-state index is 0.178. The van der Waals surface area contributed by atoms with Gasteiger partial charge in [-0.1, -0.05) is 30.3 Å². The molecule has 3 aliphatic heterocycles. The van der Waals surface area contributed by atoms with E-state index in [1.165, 1.54) is 41.6 Å². The molecule has 2 aromatic rings. The summed E-state index contributed by atoms with van der Waals surface area (Å²) in [6.07, 6.45) is 6.01. The fourth-order valence-electron chi connectivity index (χ4n) is 5.12. The van der Waals surface area contributed by atoms with Crippen LogP contribution in [-0.2, 0) is 13.0 Å². The molecule has 0 aromatic heterocycles.